The van der Waals surface area contributed by atoms with Crippen molar-refractivity contribution in [3.05, 3.63) is 31.0 Å². The zero-order chi connectivity index (χ0) is 19.7. The number of carbonyl (C=O) groups is 1. The monoisotopic (exact) mass is 396 g/mol. The molecule has 0 bridgehead atoms. The number of sulfone groups is 1. The Morgan fingerprint density at radius 1 is 1.33 bits per heavy atom. The van der Waals surface area contributed by atoms with Gasteiger partial charge >= 0.3 is 6.03 Å². The van der Waals surface area contributed by atoms with Crippen molar-refractivity contribution in [2.45, 2.75) is 29.8 Å². The predicted octanol–water partition coefficient (Wildman–Crippen LogP) is 1.61. The van der Waals surface area contributed by atoms with Gasteiger partial charge in [0.05, 0.1) is 24.4 Å². The van der Waals surface area contributed by atoms with Gasteiger partial charge in [0.15, 0.2) is 5.03 Å². The minimum absolute atomic E-state index is 0.237. The van der Waals surface area contributed by atoms with E-state index in [1.807, 2.05) is 0 Å². The lowest BCUT2D eigenvalue weighted by molar-refractivity contribution is 0.117. The summed E-state index contributed by atoms with van der Waals surface area (Å²) in [5, 5.41) is 7.26. The summed E-state index contributed by atoms with van der Waals surface area (Å²) in [7, 11) is -2.61. The second kappa shape index (κ2) is 7.22. The molecule has 0 radical (unpaired) electrons. The first-order valence-electron chi connectivity index (χ1n) is 8.46. The molecule has 146 valence electrons. The van der Waals surface area contributed by atoms with E-state index in [1.165, 1.54) is 34.4 Å². The number of hydrogen-bond donors (Lipinski definition) is 1. The first-order valence-corrected chi connectivity index (χ1v) is 9.94. The molecule has 1 fully saturated rings. The Bertz CT molecular complexity index is 907. The summed E-state index contributed by atoms with van der Waals surface area (Å²) >= 11 is 0. The number of anilines is 1. The van der Waals surface area contributed by atoms with E-state index >= 15 is 4.39 Å². The standard InChI is InChI=1S/C16H21FN6O3S/c1-16(17,27(25,26)14-10-22(2)11-18-14)12-4-7-23(8-5-12)15(24)21-13-3-6-19-20-9-13/h3,6,9-12H,4-5,7-8H2,1-2H3,(H,19,21,24). The number of piperidine rings is 1. The molecule has 1 aliphatic heterocycles. The normalized spacial score (nSPS) is 18.1. The third kappa shape index (κ3) is 3.77. The lowest BCUT2D eigenvalue weighted by atomic mass is 9.92. The summed E-state index contributed by atoms with van der Waals surface area (Å²) in [5.41, 5.74) is 0.505. The number of hydrogen-bond acceptors (Lipinski definition) is 6. The number of rotatable bonds is 4. The van der Waals surface area contributed by atoms with Crippen molar-refractivity contribution in [2.75, 3.05) is 18.4 Å². The average Bonchev–Trinajstić information content (AvgIpc) is 3.09. The van der Waals surface area contributed by atoms with E-state index in [4.69, 9.17) is 0 Å². The molecule has 11 heteroatoms. The largest absolute Gasteiger partial charge is 0.339 e. The van der Waals surface area contributed by atoms with Crippen molar-refractivity contribution in [3.63, 3.8) is 0 Å². The SMILES string of the molecule is Cn1cnc(S(=O)(=O)C(C)(F)C2CCN(C(=O)Nc3ccnnc3)CC2)c1. The molecule has 0 saturated carbocycles. The van der Waals surface area contributed by atoms with Crippen LogP contribution in [-0.2, 0) is 16.9 Å². The van der Waals surface area contributed by atoms with Gasteiger partial charge in [-0.25, -0.2) is 22.6 Å². The maximum absolute atomic E-state index is 15.4. The number of urea groups is 1. The second-order valence-electron chi connectivity index (χ2n) is 6.69. The predicted molar refractivity (Wildman–Crippen MR) is 95.3 cm³/mol. The summed E-state index contributed by atoms with van der Waals surface area (Å²) in [6.07, 6.45) is 5.96. The van der Waals surface area contributed by atoms with E-state index in [9.17, 15) is 13.2 Å². The van der Waals surface area contributed by atoms with E-state index in [1.54, 1.807) is 13.1 Å². The summed E-state index contributed by atoms with van der Waals surface area (Å²) in [5.74, 6) is -0.726. The lowest BCUT2D eigenvalue weighted by Gasteiger charge is -2.37. The van der Waals surface area contributed by atoms with Gasteiger partial charge in [0, 0.05) is 32.3 Å². The van der Waals surface area contributed by atoms with Gasteiger partial charge in [-0.15, -0.1) is 0 Å². The van der Waals surface area contributed by atoms with Crippen LogP contribution in [0.4, 0.5) is 14.9 Å². The Morgan fingerprint density at radius 3 is 2.59 bits per heavy atom. The van der Waals surface area contributed by atoms with Gasteiger partial charge in [-0.05, 0) is 25.8 Å². The molecule has 0 aliphatic carbocycles. The molecule has 0 aromatic carbocycles. The Morgan fingerprint density at radius 2 is 2.04 bits per heavy atom. The van der Waals surface area contributed by atoms with Crippen LogP contribution in [0.2, 0.25) is 0 Å². The third-order valence-corrected chi connectivity index (χ3v) is 6.97. The maximum atomic E-state index is 15.4. The molecule has 1 aliphatic rings. The minimum atomic E-state index is -4.24. The molecule has 1 unspecified atom stereocenters. The molecule has 0 spiro atoms. The summed E-state index contributed by atoms with van der Waals surface area (Å²) in [4.78, 5) is 17.6. The van der Waals surface area contributed by atoms with Gasteiger partial charge in [-0.2, -0.15) is 10.2 Å². The van der Waals surface area contributed by atoms with Crippen LogP contribution in [0.1, 0.15) is 19.8 Å². The molecule has 1 saturated heterocycles. The number of nitrogens with one attached hydrogen (secondary N) is 1. The van der Waals surface area contributed by atoms with Crippen LogP contribution in [0.3, 0.4) is 0 Å². The van der Waals surface area contributed by atoms with Crippen molar-refractivity contribution in [1.82, 2.24) is 24.6 Å². The molecule has 2 aromatic heterocycles. The first-order chi connectivity index (χ1) is 12.7. The first kappa shape index (κ1) is 19.2. The Hall–Kier alpha value is -2.56. The smallest absolute Gasteiger partial charge is 0.321 e. The van der Waals surface area contributed by atoms with E-state index < -0.39 is 20.8 Å². The zero-order valence-corrected chi connectivity index (χ0v) is 15.9. The van der Waals surface area contributed by atoms with Gasteiger partial charge in [0.2, 0.25) is 14.8 Å². The van der Waals surface area contributed by atoms with Crippen LogP contribution in [0.25, 0.3) is 0 Å². The molecule has 1 atom stereocenters. The third-order valence-electron chi connectivity index (χ3n) is 4.83. The molecule has 2 amide bonds. The van der Waals surface area contributed by atoms with E-state index in [-0.39, 0.29) is 37.0 Å². The van der Waals surface area contributed by atoms with Gasteiger partial charge in [0.1, 0.15) is 0 Å². The second-order valence-corrected chi connectivity index (χ2v) is 8.91. The van der Waals surface area contributed by atoms with E-state index in [2.05, 4.69) is 20.5 Å². The Kier molecular flexibility index (Phi) is 5.13. The molecule has 3 rings (SSSR count). The highest BCUT2D eigenvalue weighted by molar-refractivity contribution is 7.92. The number of halogens is 1. The van der Waals surface area contributed by atoms with Gasteiger partial charge in [0.25, 0.3) is 0 Å². The fourth-order valence-corrected chi connectivity index (χ4v) is 4.69. The lowest BCUT2D eigenvalue weighted by Crippen LogP contribution is -2.48. The van der Waals surface area contributed by atoms with Crippen molar-refractivity contribution in [3.8, 4) is 0 Å². The Balaban J connectivity index is 1.65. The van der Waals surface area contributed by atoms with Crippen LogP contribution in [0.15, 0.2) is 36.0 Å². The van der Waals surface area contributed by atoms with Crippen LogP contribution in [0.5, 0.6) is 0 Å². The molecule has 1 N–H and O–H groups in total. The van der Waals surface area contributed by atoms with Crippen LogP contribution >= 0.6 is 0 Å². The fourth-order valence-electron chi connectivity index (χ4n) is 3.12. The van der Waals surface area contributed by atoms with Crippen molar-refractivity contribution in [2.24, 2.45) is 13.0 Å². The summed E-state index contributed by atoms with van der Waals surface area (Å²) in [6, 6.07) is 1.27. The quantitative estimate of drug-likeness (QED) is 0.841. The van der Waals surface area contributed by atoms with Crippen molar-refractivity contribution < 1.29 is 17.6 Å². The summed E-state index contributed by atoms with van der Waals surface area (Å²) < 4.78 is 42.1. The number of likely N-dealkylation sites (tertiary alicyclic amines) is 1. The number of nitrogens with zero attached hydrogens (tertiary/aromatic N) is 5. The fraction of sp³-hybridized carbons (Fsp3) is 0.500. The molecule has 27 heavy (non-hydrogen) atoms. The van der Waals surface area contributed by atoms with Crippen LogP contribution < -0.4 is 5.32 Å². The topological polar surface area (TPSA) is 110 Å². The highest BCUT2D eigenvalue weighted by Gasteiger charge is 2.49. The molecule has 9 nitrogen and oxygen atoms in total. The number of aromatic nitrogens is 4. The van der Waals surface area contributed by atoms with Gasteiger partial charge in [-0.1, -0.05) is 0 Å². The minimum Gasteiger partial charge on any atom is -0.339 e. The molecule has 2 aromatic rings. The van der Waals surface area contributed by atoms with Gasteiger partial charge < -0.3 is 14.8 Å². The average molecular weight is 396 g/mol. The zero-order valence-electron chi connectivity index (χ0n) is 15.0. The number of aryl methyl sites for hydroxylation is 1. The highest BCUT2D eigenvalue weighted by Crippen LogP contribution is 2.38. The van der Waals surface area contributed by atoms with Crippen molar-refractivity contribution >= 4 is 21.6 Å². The number of amides is 2. The highest BCUT2D eigenvalue weighted by atomic mass is 32.2. The summed E-state index contributed by atoms with van der Waals surface area (Å²) in [6.45, 7) is 1.60. The van der Waals surface area contributed by atoms with Gasteiger partial charge in [-0.3, -0.25) is 0 Å². The maximum Gasteiger partial charge on any atom is 0.321 e. The molecular formula is C16H21FN6O3S. The van der Waals surface area contributed by atoms with Crippen LogP contribution in [0, 0.1) is 5.92 Å². The molecule has 3 heterocycles. The van der Waals surface area contributed by atoms with Crippen molar-refractivity contribution in [1.29, 1.82) is 0 Å². The van der Waals surface area contributed by atoms with Crippen LogP contribution in [-0.4, -0.2) is 57.2 Å². The number of alkyl halides is 1. The Labute approximate surface area is 156 Å². The molecular weight excluding hydrogens is 375 g/mol. The number of carbonyl (C=O) groups excluding carboxylic acids is 1. The number of imidazole rings is 1. The van der Waals surface area contributed by atoms with E-state index in [0.717, 1.165) is 6.92 Å². The van der Waals surface area contributed by atoms with E-state index in [0.29, 0.717) is 5.69 Å².